The number of carbonyl (C=O) groups excluding carboxylic acids is 3. The first kappa shape index (κ1) is 18.9. The molecule has 0 saturated heterocycles. The fourth-order valence-corrected chi connectivity index (χ4v) is 2.95. The highest BCUT2D eigenvalue weighted by Gasteiger charge is 2.44. The van der Waals surface area contributed by atoms with E-state index in [0.717, 1.165) is 4.90 Å². The van der Waals surface area contributed by atoms with Crippen molar-refractivity contribution < 1.29 is 19.3 Å². The normalized spacial score (nSPS) is 16.9. The van der Waals surface area contributed by atoms with Crippen molar-refractivity contribution in [1.29, 1.82) is 0 Å². The van der Waals surface area contributed by atoms with Crippen molar-refractivity contribution >= 4 is 29.1 Å². The molecular weight excluding hydrogens is 320 g/mol. The quantitative estimate of drug-likeness (QED) is 0.689. The van der Waals surface area contributed by atoms with Gasteiger partial charge in [-0.25, -0.2) is 0 Å². The molecule has 1 aromatic rings. The second-order valence-electron chi connectivity index (χ2n) is 7.29. The van der Waals surface area contributed by atoms with E-state index in [0.29, 0.717) is 11.4 Å². The molecule has 0 aromatic heterocycles. The minimum absolute atomic E-state index is 0.0626. The van der Waals surface area contributed by atoms with E-state index in [4.69, 9.17) is 0 Å². The van der Waals surface area contributed by atoms with Gasteiger partial charge in [0.05, 0.1) is 18.4 Å². The zero-order valence-corrected chi connectivity index (χ0v) is 15.5. The summed E-state index contributed by atoms with van der Waals surface area (Å²) < 4.78 is 0. The van der Waals surface area contributed by atoms with Crippen LogP contribution in [0.2, 0.25) is 0 Å². The molecule has 3 N–H and O–H groups in total. The van der Waals surface area contributed by atoms with E-state index in [1.807, 2.05) is 32.0 Å². The maximum atomic E-state index is 12.9. The van der Waals surface area contributed by atoms with Crippen LogP contribution < -0.4 is 20.4 Å². The number of nitrogens with one attached hydrogen (secondary N) is 3. The third kappa shape index (κ3) is 4.17. The molecule has 1 atom stereocenters. The number of nitrogens with zero attached hydrogens (tertiary/aromatic N) is 1. The zero-order valence-electron chi connectivity index (χ0n) is 15.5. The highest BCUT2D eigenvalue weighted by molar-refractivity contribution is 6.14. The average molecular weight is 347 g/mol. The lowest BCUT2D eigenvalue weighted by atomic mass is 9.96. The zero-order chi connectivity index (χ0) is 18.8. The van der Waals surface area contributed by atoms with E-state index in [1.165, 1.54) is 4.90 Å². The van der Waals surface area contributed by atoms with Crippen LogP contribution in [0, 0.1) is 0 Å². The Labute approximate surface area is 148 Å². The molecule has 0 radical (unpaired) electrons. The molecule has 1 heterocycles. The Kier molecular flexibility index (Phi) is 5.47. The second-order valence-corrected chi connectivity index (χ2v) is 7.29. The standard InChI is InChI=1S/C18H26N4O3/c1-12(2)19-15(23)10-21(5)11-16(24)22-14-9-7-6-8-13(14)20-17(25)18(22,3)4/h6-9,12H,10-11H2,1-5H3,(H,19,23)(H,20,25)/p+1. The van der Waals surface area contributed by atoms with Gasteiger partial charge in [-0.15, -0.1) is 0 Å². The molecule has 1 aromatic carbocycles. The van der Waals surface area contributed by atoms with Crippen LogP contribution in [0.5, 0.6) is 0 Å². The molecule has 1 aliphatic rings. The molecule has 136 valence electrons. The van der Waals surface area contributed by atoms with Crippen molar-refractivity contribution in [3.8, 4) is 0 Å². The number of likely N-dealkylation sites (N-methyl/N-ethyl adjacent to an activating group) is 1. The summed E-state index contributed by atoms with van der Waals surface area (Å²) in [6, 6.07) is 7.30. The first-order chi connectivity index (χ1) is 11.6. The summed E-state index contributed by atoms with van der Waals surface area (Å²) in [5.74, 6) is -0.520. The number of para-hydroxylation sites is 2. The predicted octanol–water partition coefficient (Wildman–Crippen LogP) is -0.210. The van der Waals surface area contributed by atoms with Crippen LogP contribution in [-0.4, -0.2) is 49.4 Å². The molecular formula is C18H27N4O3+. The summed E-state index contributed by atoms with van der Waals surface area (Å²) in [5.41, 5.74) is 0.304. The monoisotopic (exact) mass is 347 g/mol. The third-order valence-corrected chi connectivity index (χ3v) is 4.12. The van der Waals surface area contributed by atoms with Gasteiger partial charge in [0, 0.05) is 6.04 Å². The molecule has 0 fully saturated rings. The molecule has 7 nitrogen and oxygen atoms in total. The molecule has 0 bridgehead atoms. The second kappa shape index (κ2) is 7.23. The van der Waals surface area contributed by atoms with Gasteiger partial charge in [0.15, 0.2) is 13.1 Å². The Hall–Kier alpha value is -2.41. The maximum absolute atomic E-state index is 12.9. The van der Waals surface area contributed by atoms with Crippen molar-refractivity contribution in [2.24, 2.45) is 0 Å². The molecule has 0 spiro atoms. The minimum Gasteiger partial charge on any atom is -0.349 e. The van der Waals surface area contributed by atoms with Crippen LogP contribution in [0.25, 0.3) is 0 Å². The Bertz CT molecular complexity index is 685. The summed E-state index contributed by atoms with van der Waals surface area (Å²) in [6.07, 6.45) is 0. The van der Waals surface area contributed by atoms with Crippen LogP contribution in [0.15, 0.2) is 24.3 Å². The maximum Gasteiger partial charge on any atom is 0.283 e. The van der Waals surface area contributed by atoms with E-state index >= 15 is 0 Å². The summed E-state index contributed by atoms with van der Waals surface area (Å²) in [4.78, 5) is 39.5. The summed E-state index contributed by atoms with van der Waals surface area (Å²) >= 11 is 0. The van der Waals surface area contributed by atoms with E-state index < -0.39 is 5.54 Å². The summed E-state index contributed by atoms with van der Waals surface area (Å²) in [5, 5.41) is 5.65. The van der Waals surface area contributed by atoms with Crippen LogP contribution in [0.4, 0.5) is 11.4 Å². The van der Waals surface area contributed by atoms with Crippen LogP contribution in [0.1, 0.15) is 27.7 Å². The van der Waals surface area contributed by atoms with Crippen molar-refractivity contribution in [2.45, 2.75) is 39.3 Å². The van der Waals surface area contributed by atoms with Gasteiger partial charge >= 0.3 is 0 Å². The van der Waals surface area contributed by atoms with Crippen LogP contribution >= 0.6 is 0 Å². The smallest absolute Gasteiger partial charge is 0.283 e. The van der Waals surface area contributed by atoms with Crippen LogP contribution in [-0.2, 0) is 14.4 Å². The Morgan fingerprint density at radius 3 is 2.52 bits per heavy atom. The van der Waals surface area contributed by atoms with Crippen molar-refractivity contribution in [3.63, 3.8) is 0 Å². The van der Waals surface area contributed by atoms with Crippen molar-refractivity contribution in [3.05, 3.63) is 24.3 Å². The number of hydrogen-bond acceptors (Lipinski definition) is 3. The van der Waals surface area contributed by atoms with Gasteiger partial charge in [-0.2, -0.15) is 0 Å². The fourth-order valence-electron chi connectivity index (χ4n) is 2.95. The summed E-state index contributed by atoms with van der Waals surface area (Å²) in [6.45, 7) is 7.55. The van der Waals surface area contributed by atoms with E-state index in [-0.39, 0.29) is 36.9 Å². The predicted molar refractivity (Wildman–Crippen MR) is 96.5 cm³/mol. The van der Waals surface area contributed by atoms with Crippen LogP contribution in [0.3, 0.4) is 0 Å². The molecule has 7 heteroatoms. The molecule has 1 unspecified atom stereocenters. The first-order valence-electron chi connectivity index (χ1n) is 8.47. The number of amides is 3. The number of hydrogen-bond donors (Lipinski definition) is 3. The Morgan fingerprint density at radius 1 is 1.24 bits per heavy atom. The minimum atomic E-state index is -0.994. The molecule has 0 saturated carbocycles. The van der Waals surface area contributed by atoms with E-state index in [9.17, 15) is 14.4 Å². The Balaban J connectivity index is 2.17. The Morgan fingerprint density at radius 2 is 1.88 bits per heavy atom. The number of fused-ring (bicyclic) bond motifs is 1. The first-order valence-corrected chi connectivity index (χ1v) is 8.47. The molecule has 3 amide bonds. The van der Waals surface area contributed by atoms with Gasteiger partial charge in [-0.1, -0.05) is 12.1 Å². The van der Waals surface area contributed by atoms with E-state index in [2.05, 4.69) is 10.6 Å². The molecule has 25 heavy (non-hydrogen) atoms. The molecule has 2 rings (SSSR count). The van der Waals surface area contributed by atoms with Gasteiger partial charge in [0.25, 0.3) is 11.8 Å². The van der Waals surface area contributed by atoms with Gasteiger partial charge in [-0.3, -0.25) is 19.3 Å². The fraction of sp³-hybridized carbons (Fsp3) is 0.500. The third-order valence-electron chi connectivity index (χ3n) is 4.12. The lowest BCUT2D eigenvalue weighted by molar-refractivity contribution is -0.862. The number of benzene rings is 1. The van der Waals surface area contributed by atoms with Gasteiger partial charge in [-0.05, 0) is 39.8 Å². The van der Waals surface area contributed by atoms with Gasteiger partial charge in [0.2, 0.25) is 5.91 Å². The number of rotatable bonds is 5. The SMILES string of the molecule is CC(C)NC(=O)C[NH+](C)CC(=O)N1c2ccccc2NC(=O)C1(C)C. The van der Waals surface area contributed by atoms with Crippen molar-refractivity contribution in [2.75, 3.05) is 30.4 Å². The average Bonchev–Trinajstić information content (AvgIpc) is 2.46. The lowest BCUT2D eigenvalue weighted by Crippen LogP contribution is -3.11. The van der Waals surface area contributed by atoms with Crippen molar-refractivity contribution in [1.82, 2.24) is 5.32 Å². The lowest BCUT2D eigenvalue weighted by Gasteiger charge is -2.42. The topological polar surface area (TPSA) is 82.9 Å². The van der Waals surface area contributed by atoms with Gasteiger partial charge in [0.1, 0.15) is 5.54 Å². The largest absolute Gasteiger partial charge is 0.349 e. The number of carbonyl (C=O) groups is 3. The number of quaternary nitrogens is 1. The van der Waals surface area contributed by atoms with Gasteiger partial charge < -0.3 is 15.5 Å². The summed E-state index contributed by atoms with van der Waals surface area (Å²) in [7, 11) is 1.79. The molecule has 0 aliphatic carbocycles. The molecule has 1 aliphatic heterocycles. The van der Waals surface area contributed by atoms with E-state index in [1.54, 1.807) is 27.0 Å². The highest BCUT2D eigenvalue weighted by Crippen LogP contribution is 2.36. The highest BCUT2D eigenvalue weighted by atomic mass is 16.2. The number of anilines is 2.